The maximum Gasteiger partial charge on any atom is 0.161 e. The molecule has 0 amide bonds. The minimum absolute atomic E-state index is 0.0571. The molecule has 0 aliphatic rings. The van der Waals surface area contributed by atoms with Crippen LogP contribution in [0.3, 0.4) is 0 Å². The van der Waals surface area contributed by atoms with Gasteiger partial charge in [0, 0.05) is 19.2 Å². The maximum atomic E-state index is 5.77. The normalized spacial score (nSPS) is 13.0. The van der Waals surface area contributed by atoms with Crippen LogP contribution >= 0.6 is 0 Å². The largest absolute Gasteiger partial charge is 0.490 e. The van der Waals surface area contributed by atoms with Gasteiger partial charge in [-0.1, -0.05) is 6.07 Å². The summed E-state index contributed by atoms with van der Waals surface area (Å²) >= 11 is 0. The molecule has 0 aliphatic heterocycles. The molecule has 1 aromatic carbocycles. The molecule has 0 heterocycles. The highest BCUT2D eigenvalue weighted by Crippen LogP contribution is 2.29. The van der Waals surface area contributed by atoms with Gasteiger partial charge in [-0.3, -0.25) is 0 Å². The molecule has 4 nitrogen and oxygen atoms in total. The smallest absolute Gasteiger partial charge is 0.161 e. The van der Waals surface area contributed by atoms with E-state index in [0.29, 0.717) is 13.2 Å². The van der Waals surface area contributed by atoms with Gasteiger partial charge in [0.1, 0.15) is 6.61 Å². The van der Waals surface area contributed by atoms with E-state index in [2.05, 4.69) is 32.2 Å². The number of nitrogens with one attached hydrogen (secondary N) is 1. The van der Waals surface area contributed by atoms with Crippen molar-refractivity contribution >= 4 is 0 Å². The van der Waals surface area contributed by atoms with Crippen LogP contribution in [0.2, 0.25) is 0 Å². The van der Waals surface area contributed by atoms with E-state index in [1.54, 1.807) is 7.11 Å². The Balaban J connectivity index is 2.76. The molecule has 0 radical (unpaired) electrons. The minimum atomic E-state index is 0.0571. The standard InChI is InChI=1S/C17H29NO3/c1-7-20-16-10-14(11-18-17(3,4)5)8-9-15(16)21-12-13(2)19-6/h8-10,13,18H,7,11-12H2,1-6H3. The second kappa shape index (κ2) is 8.25. The Morgan fingerprint density at radius 3 is 2.43 bits per heavy atom. The molecule has 1 atom stereocenters. The first-order chi connectivity index (χ1) is 9.85. The van der Waals surface area contributed by atoms with E-state index in [-0.39, 0.29) is 11.6 Å². The summed E-state index contributed by atoms with van der Waals surface area (Å²) in [4.78, 5) is 0. The topological polar surface area (TPSA) is 39.7 Å². The Hall–Kier alpha value is -1.26. The SMILES string of the molecule is CCOc1cc(CNC(C)(C)C)ccc1OCC(C)OC. The summed E-state index contributed by atoms with van der Waals surface area (Å²) in [7, 11) is 1.68. The average Bonchev–Trinajstić information content (AvgIpc) is 2.43. The zero-order chi connectivity index (χ0) is 15.9. The van der Waals surface area contributed by atoms with Crippen LogP contribution in [-0.2, 0) is 11.3 Å². The first-order valence-corrected chi connectivity index (χ1v) is 7.52. The molecule has 0 fully saturated rings. The number of benzene rings is 1. The van der Waals surface area contributed by atoms with E-state index in [4.69, 9.17) is 14.2 Å². The van der Waals surface area contributed by atoms with E-state index in [1.165, 1.54) is 5.56 Å². The predicted molar refractivity (Wildman–Crippen MR) is 86.2 cm³/mol. The number of hydrogen-bond acceptors (Lipinski definition) is 4. The van der Waals surface area contributed by atoms with Gasteiger partial charge in [0.05, 0.1) is 12.7 Å². The van der Waals surface area contributed by atoms with E-state index in [9.17, 15) is 0 Å². The van der Waals surface area contributed by atoms with Gasteiger partial charge in [-0.2, -0.15) is 0 Å². The van der Waals surface area contributed by atoms with Crippen molar-refractivity contribution in [3.05, 3.63) is 23.8 Å². The molecule has 0 aromatic heterocycles. The lowest BCUT2D eigenvalue weighted by atomic mass is 10.1. The molecule has 0 spiro atoms. The fraction of sp³-hybridized carbons (Fsp3) is 0.647. The molecular formula is C17H29NO3. The maximum absolute atomic E-state index is 5.77. The minimum Gasteiger partial charge on any atom is -0.490 e. The molecule has 1 aromatic rings. The van der Waals surface area contributed by atoms with Crippen molar-refractivity contribution in [2.45, 2.75) is 52.8 Å². The van der Waals surface area contributed by atoms with E-state index < -0.39 is 0 Å². The number of methoxy groups -OCH3 is 1. The highest BCUT2D eigenvalue weighted by Gasteiger charge is 2.11. The van der Waals surface area contributed by atoms with Gasteiger partial charge in [0.2, 0.25) is 0 Å². The molecule has 4 heteroatoms. The fourth-order valence-electron chi connectivity index (χ4n) is 1.69. The molecule has 0 aliphatic carbocycles. The van der Waals surface area contributed by atoms with Crippen molar-refractivity contribution in [2.75, 3.05) is 20.3 Å². The summed E-state index contributed by atoms with van der Waals surface area (Å²) in [6, 6.07) is 6.07. The highest BCUT2D eigenvalue weighted by atomic mass is 16.5. The van der Waals surface area contributed by atoms with Crippen LogP contribution in [0.4, 0.5) is 0 Å². The third-order valence-corrected chi connectivity index (χ3v) is 3.01. The molecule has 1 rings (SSSR count). The monoisotopic (exact) mass is 295 g/mol. The van der Waals surface area contributed by atoms with Crippen molar-refractivity contribution in [3.8, 4) is 11.5 Å². The lowest BCUT2D eigenvalue weighted by Gasteiger charge is -2.21. The van der Waals surface area contributed by atoms with E-state index >= 15 is 0 Å². The molecule has 21 heavy (non-hydrogen) atoms. The summed E-state index contributed by atoms with van der Waals surface area (Å²) in [6.07, 6.45) is 0.0571. The molecule has 1 N–H and O–H groups in total. The van der Waals surface area contributed by atoms with Crippen LogP contribution in [-0.4, -0.2) is 32.0 Å². The quantitative estimate of drug-likeness (QED) is 0.798. The van der Waals surface area contributed by atoms with E-state index in [0.717, 1.165) is 18.0 Å². The zero-order valence-corrected chi connectivity index (χ0v) is 14.2. The van der Waals surface area contributed by atoms with Crippen LogP contribution in [0, 0.1) is 0 Å². The van der Waals surface area contributed by atoms with Gasteiger partial charge in [-0.25, -0.2) is 0 Å². The van der Waals surface area contributed by atoms with Gasteiger partial charge in [0.25, 0.3) is 0 Å². The molecule has 1 unspecified atom stereocenters. The molecule has 0 bridgehead atoms. The second-order valence-electron chi connectivity index (χ2n) is 6.17. The lowest BCUT2D eigenvalue weighted by Crippen LogP contribution is -2.35. The van der Waals surface area contributed by atoms with Gasteiger partial charge in [-0.05, 0) is 52.3 Å². The van der Waals surface area contributed by atoms with Crippen molar-refractivity contribution < 1.29 is 14.2 Å². The van der Waals surface area contributed by atoms with Crippen LogP contribution in [0.5, 0.6) is 11.5 Å². The number of rotatable bonds is 8. The Kier molecular flexibility index (Phi) is 6.99. The zero-order valence-electron chi connectivity index (χ0n) is 14.2. The van der Waals surface area contributed by atoms with Gasteiger partial charge >= 0.3 is 0 Å². The second-order valence-corrected chi connectivity index (χ2v) is 6.17. The molecule has 0 saturated heterocycles. The van der Waals surface area contributed by atoms with Crippen LogP contribution in [0.25, 0.3) is 0 Å². The molecule has 0 saturated carbocycles. The third-order valence-electron chi connectivity index (χ3n) is 3.01. The van der Waals surface area contributed by atoms with Crippen LogP contribution in [0.15, 0.2) is 18.2 Å². The van der Waals surface area contributed by atoms with Gasteiger partial charge < -0.3 is 19.5 Å². The summed E-state index contributed by atoms with van der Waals surface area (Å²) in [5, 5.41) is 3.47. The highest BCUT2D eigenvalue weighted by molar-refractivity contribution is 5.43. The Morgan fingerprint density at radius 1 is 1.14 bits per heavy atom. The average molecular weight is 295 g/mol. The summed E-state index contributed by atoms with van der Waals surface area (Å²) in [5.74, 6) is 1.55. The summed E-state index contributed by atoms with van der Waals surface area (Å²) in [5.41, 5.74) is 1.27. The van der Waals surface area contributed by atoms with Crippen LogP contribution < -0.4 is 14.8 Å². The summed E-state index contributed by atoms with van der Waals surface area (Å²) < 4.78 is 16.6. The van der Waals surface area contributed by atoms with E-state index in [1.807, 2.05) is 26.0 Å². The van der Waals surface area contributed by atoms with Crippen molar-refractivity contribution in [1.29, 1.82) is 0 Å². The van der Waals surface area contributed by atoms with Crippen molar-refractivity contribution in [2.24, 2.45) is 0 Å². The Bertz CT molecular complexity index is 427. The van der Waals surface area contributed by atoms with Crippen molar-refractivity contribution in [1.82, 2.24) is 5.32 Å². The van der Waals surface area contributed by atoms with Crippen molar-refractivity contribution in [3.63, 3.8) is 0 Å². The van der Waals surface area contributed by atoms with Gasteiger partial charge in [0.15, 0.2) is 11.5 Å². The number of hydrogen-bond donors (Lipinski definition) is 1. The Morgan fingerprint density at radius 2 is 1.86 bits per heavy atom. The first kappa shape index (κ1) is 17.8. The van der Waals surface area contributed by atoms with Crippen LogP contribution in [0.1, 0.15) is 40.2 Å². The third kappa shape index (κ3) is 6.82. The number of ether oxygens (including phenoxy) is 3. The predicted octanol–water partition coefficient (Wildman–Crippen LogP) is 3.39. The molecule has 120 valence electrons. The summed E-state index contributed by atoms with van der Waals surface area (Å²) in [6.45, 7) is 12.3. The lowest BCUT2D eigenvalue weighted by molar-refractivity contribution is 0.0703. The van der Waals surface area contributed by atoms with Gasteiger partial charge in [-0.15, -0.1) is 0 Å². The first-order valence-electron chi connectivity index (χ1n) is 7.52. The molecular weight excluding hydrogens is 266 g/mol. The fourth-order valence-corrected chi connectivity index (χ4v) is 1.69. The Labute approximate surface area is 128 Å².